The first kappa shape index (κ1) is 15.7. The van der Waals surface area contributed by atoms with E-state index in [1.165, 1.54) is 24.5 Å². The van der Waals surface area contributed by atoms with Gasteiger partial charge in [-0.1, -0.05) is 6.07 Å². The lowest BCUT2D eigenvalue weighted by Crippen LogP contribution is -2.38. The molecule has 7 nitrogen and oxygen atoms in total. The Labute approximate surface area is 125 Å². The summed E-state index contributed by atoms with van der Waals surface area (Å²) in [6, 6.07) is 5.12. The van der Waals surface area contributed by atoms with E-state index in [-0.39, 0.29) is 11.8 Å². The van der Waals surface area contributed by atoms with Crippen molar-refractivity contribution in [3.8, 4) is 5.75 Å². The molecule has 22 heavy (non-hydrogen) atoms. The number of anilines is 1. The third-order valence-electron chi connectivity index (χ3n) is 2.62. The van der Waals surface area contributed by atoms with Gasteiger partial charge in [-0.25, -0.2) is 9.78 Å². The number of carbonyl (C=O) groups excluding carboxylic acids is 1. The quantitative estimate of drug-likeness (QED) is 0.856. The highest BCUT2D eigenvalue weighted by molar-refractivity contribution is 5.89. The van der Waals surface area contributed by atoms with Gasteiger partial charge in [0.15, 0.2) is 0 Å². The van der Waals surface area contributed by atoms with E-state index in [2.05, 4.69) is 25.5 Å². The van der Waals surface area contributed by atoms with Gasteiger partial charge in [0, 0.05) is 17.8 Å². The molecule has 1 heterocycles. The zero-order valence-corrected chi connectivity index (χ0v) is 11.7. The summed E-state index contributed by atoms with van der Waals surface area (Å²) in [4.78, 5) is 15.6. The van der Waals surface area contributed by atoms with Crippen molar-refractivity contribution in [2.24, 2.45) is 0 Å². The van der Waals surface area contributed by atoms with Gasteiger partial charge < -0.3 is 15.4 Å². The predicted octanol–water partition coefficient (Wildman–Crippen LogP) is 2.09. The number of hydrogen-bond donors (Lipinski definition) is 2. The Morgan fingerprint density at radius 1 is 1.45 bits per heavy atom. The van der Waals surface area contributed by atoms with Crippen LogP contribution in [0.15, 0.2) is 36.9 Å². The predicted molar refractivity (Wildman–Crippen MR) is 74.7 cm³/mol. The summed E-state index contributed by atoms with van der Waals surface area (Å²) >= 11 is 0. The second-order valence-corrected chi connectivity index (χ2v) is 4.52. The molecule has 2 aromatic rings. The fraction of sp³-hybridized carbons (Fsp3) is 0.308. The monoisotopic (exact) mass is 311 g/mol. The number of nitrogens with zero attached hydrogens (tertiary/aromatic N) is 3. The van der Waals surface area contributed by atoms with E-state index in [4.69, 9.17) is 0 Å². The second kappa shape index (κ2) is 7.34. The van der Waals surface area contributed by atoms with Crippen molar-refractivity contribution in [2.45, 2.75) is 26.1 Å². The highest BCUT2D eigenvalue weighted by Crippen LogP contribution is 2.19. The molecular weight excluding hydrogens is 296 g/mol. The third kappa shape index (κ3) is 5.00. The van der Waals surface area contributed by atoms with Crippen LogP contribution >= 0.6 is 0 Å². The summed E-state index contributed by atoms with van der Waals surface area (Å²) in [5.41, 5.74) is 0.351. The van der Waals surface area contributed by atoms with Crippen LogP contribution in [0, 0.1) is 0 Å². The normalized spacial score (nSPS) is 12.0. The molecule has 9 heteroatoms. The number of amides is 2. The molecule has 0 aliphatic heterocycles. The molecule has 0 aliphatic carbocycles. The molecule has 1 aromatic carbocycles. The molecule has 1 aromatic heterocycles. The highest BCUT2D eigenvalue weighted by Gasteiger charge is 2.10. The maximum absolute atomic E-state index is 12.1. The number of halogens is 2. The Morgan fingerprint density at radius 2 is 2.27 bits per heavy atom. The van der Waals surface area contributed by atoms with Gasteiger partial charge in [0.1, 0.15) is 18.4 Å². The van der Waals surface area contributed by atoms with E-state index >= 15 is 0 Å². The minimum absolute atomic E-state index is 0.0246. The Balaban J connectivity index is 1.86. The van der Waals surface area contributed by atoms with Crippen LogP contribution < -0.4 is 15.4 Å². The fourth-order valence-electron chi connectivity index (χ4n) is 1.79. The maximum Gasteiger partial charge on any atom is 0.387 e. The Kier molecular flexibility index (Phi) is 5.23. The first-order valence-corrected chi connectivity index (χ1v) is 6.48. The zero-order chi connectivity index (χ0) is 15.9. The molecule has 1 unspecified atom stereocenters. The Morgan fingerprint density at radius 3 is 2.95 bits per heavy atom. The number of nitrogens with one attached hydrogen (secondary N) is 2. The number of urea groups is 1. The highest BCUT2D eigenvalue weighted by atomic mass is 19.3. The van der Waals surface area contributed by atoms with Crippen LogP contribution in [0.3, 0.4) is 0 Å². The molecule has 2 rings (SSSR count). The van der Waals surface area contributed by atoms with Crippen LogP contribution in [-0.2, 0) is 6.54 Å². The number of alkyl halides is 2. The summed E-state index contributed by atoms with van der Waals surface area (Å²) in [5.74, 6) is -0.0246. The summed E-state index contributed by atoms with van der Waals surface area (Å²) in [7, 11) is 0. The Hall–Kier alpha value is -2.71. The Bertz CT molecular complexity index is 606. The molecule has 0 spiro atoms. The average Bonchev–Trinajstić information content (AvgIpc) is 2.90. The van der Waals surface area contributed by atoms with Gasteiger partial charge in [-0.05, 0) is 19.1 Å². The molecule has 2 amide bonds. The van der Waals surface area contributed by atoms with Gasteiger partial charge in [0.2, 0.25) is 0 Å². The van der Waals surface area contributed by atoms with Crippen LogP contribution in [-0.4, -0.2) is 33.4 Å². The van der Waals surface area contributed by atoms with Crippen molar-refractivity contribution < 1.29 is 18.3 Å². The molecular formula is C13H15F2N5O2. The lowest BCUT2D eigenvalue weighted by Gasteiger charge is -2.14. The number of hydrogen-bond acceptors (Lipinski definition) is 4. The van der Waals surface area contributed by atoms with Crippen molar-refractivity contribution in [1.29, 1.82) is 0 Å². The minimum atomic E-state index is -2.91. The van der Waals surface area contributed by atoms with Crippen molar-refractivity contribution >= 4 is 11.7 Å². The second-order valence-electron chi connectivity index (χ2n) is 4.52. The lowest BCUT2D eigenvalue weighted by molar-refractivity contribution is -0.0497. The number of rotatable bonds is 6. The van der Waals surface area contributed by atoms with E-state index in [1.54, 1.807) is 24.0 Å². The third-order valence-corrected chi connectivity index (χ3v) is 2.62. The van der Waals surface area contributed by atoms with E-state index < -0.39 is 12.6 Å². The lowest BCUT2D eigenvalue weighted by atomic mass is 10.3. The number of benzene rings is 1. The van der Waals surface area contributed by atoms with Gasteiger partial charge >= 0.3 is 12.6 Å². The molecule has 1 atom stereocenters. The molecule has 0 radical (unpaired) electrons. The maximum atomic E-state index is 12.1. The topological polar surface area (TPSA) is 81.1 Å². The van der Waals surface area contributed by atoms with Gasteiger partial charge in [0.25, 0.3) is 0 Å². The van der Waals surface area contributed by atoms with Crippen molar-refractivity contribution in [2.75, 3.05) is 5.32 Å². The van der Waals surface area contributed by atoms with Gasteiger partial charge in [-0.2, -0.15) is 13.9 Å². The van der Waals surface area contributed by atoms with Crippen molar-refractivity contribution in [1.82, 2.24) is 20.1 Å². The van der Waals surface area contributed by atoms with Crippen LogP contribution in [0.1, 0.15) is 6.92 Å². The molecule has 0 saturated heterocycles. The zero-order valence-electron chi connectivity index (χ0n) is 11.7. The van der Waals surface area contributed by atoms with E-state index in [0.717, 1.165) is 0 Å². The van der Waals surface area contributed by atoms with Crippen LogP contribution in [0.25, 0.3) is 0 Å². The largest absolute Gasteiger partial charge is 0.435 e. The first-order chi connectivity index (χ1) is 10.5. The smallest absolute Gasteiger partial charge is 0.387 e. The summed E-state index contributed by atoms with van der Waals surface area (Å²) in [5, 5.41) is 9.18. The molecule has 0 bridgehead atoms. The van der Waals surface area contributed by atoms with E-state index in [0.29, 0.717) is 12.2 Å². The number of ether oxygens (including phenoxy) is 1. The SMILES string of the molecule is CC(Cn1cncn1)NC(=O)Nc1cccc(OC(F)F)c1. The van der Waals surface area contributed by atoms with E-state index in [1.807, 2.05) is 0 Å². The fourth-order valence-corrected chi connectivity index (χ4v) is 1.79. The standard InChI is InChI=1S/C13H15F2N5O2/c1-9(6-20-8-16-7-17-20)18-13(21)19-10-3-2-4-11(5-10)22-12(14)15/h2-5,7-9,12H,6H2,1H3,(H2,18,19,21). The first-order valence-electron chi connectivity index (χ1n) is 6.48. The average molecular weight is 311 g/mol. The summed E-state index contributed by atoms with van der Waals surface area (Å²) in [6.07, 6.45) is 2.95. The molecule has 2 N–H and O–H groups in total. The number of aromatic nitrogens is 3. The minimum Gasteiger partial charge on any atom is -0.435 e. The van der Waals surface area contributed by atoms with Crippen molar-refractivity contribution in [3.63, 3.8) is 0 Å². The van der Waals surface area contributed by atoms with Gasteiger partial charge in [-0.15, -0.1) is 0 Å². The molecule has 0 aliphatic rings. The van der Waals surface area contributed by atoms with Crippen LogP contribution in [0.5, 0.6) is 5.75 Å². The van der Waals surface area contributed by atoms with Crippen molar-refractivity contribution in [3.05, 3.63) is 36.9 Å². The van der Waals surface area contributed by atoms with Gasteiger partial charge in [0.05, 0.1) is 6.54 Å². The van der Waals surface area contributed by atoms with E-state index in [9.17, 15) is 13.6 Å². The van der Waals surface area contributed by atoms with Crippen LogP contribution in [0.4, 0.5) is 19.3 Å². The van der Waals surface area contributed by atoms with Gasteiger partial charge in [-0.3, -0.25) is 4.68 Å². The molecule has 0 fully saturated rings. The molecule has 0 saturated carbocycles. The van der Waals surface area contributed by atoms with Crippen LogP contribution in [0.2, 0.25) is 0 Å². The number of carbonyl (C=O) groups is 1. The summed E-state index contributed by atoms with van der Waals surface area (Å²) in [6.45, 7) is -0.647. The molecule has 118 valence electrons. The summed E-state index contributed by atoms with van der Waals surface area (Å²) < 4.78 is 30.1.